The van der Waals surface area contributed by atoms with Gasteiger partial charge in [-0.1, -0.05) is 5.16 Å². The van der Waals surface area contributed by atoms with E-state index in [1.165, 1.54) is 18.5 Å². The summed E-state index contributed by atoms with van der Waals surface area (Å²) in [7, 11) is 5.34. The second kappa shape index (κ2) is 8.20. The van der Waals surface area contributed by atoms with Gasteiger partial charge in [-0.3, -0.25) is 4.68 Å². The first-order chi connectivity index (χ1) is 17.0. The molecule has 9 heteroatoms. The first-order valence-corrected chi connectivity index (χ1v) is 11.8. The Morgan fingerprint density at radius 3 is 2.66 bits per heavy atom. The number of nitrogens with one attached hydrogen (secondary N) is 1. The Hall–Kier alpha value is -3.72. The van der Waals surface area contributed by atoms with Crippen LogP contribution >= 0.6 is 0 Å². The maximum Gasteiger partial charge on any atom is 0.156 e. The number of H-pyrrole nitrogens is 1. The molecule has 1 saturated carbocycles. The van der Waals surface area contributed by atoms with E-state index in [9.17, 15) is 0 Å². The average Bonchev–Trinajstić information content (AvgIpc) is 3.42. The van der Waals surface area contributed by atoms with Crippen molar-refractivity contribution in [2.45, 2.75) is 45.6 Å². The number of aromatic nitrogens is 6. The fraction of sp³-hybridized carbons (Fsp3) is 0.385. The lowest BCUT2D eigenvalue weighted by Gasteiger charge is -2.10. The smallest absolute Gasteiger partial charge is 0.156 e. The van der Waals surface area contributed by atoms with Crippen LogP contribution in [0.15, 0.2) is 22.7 Å². The minimum Gasteiger partial charge on any atom is -0.496 e. The van der Waals surface area contributed by atoms with Gasteiger partial charge in [0.15, 0.2) is 5.82 Å². The second-order valence-corrected chi connectivity index (χ2v) is 9.30. The van der Waals surface area contributed by atoms with Crippen LogP contribution in [-0.4, -0.2) is 44.1 Å². The summed E-state index contributed by atoms with van der Waals surface area (Å²) in [5.41, 5.74) is 7.65. The summed E-state index contributed by atoms with van der Waals surface area (Å²) in [6.07, 6.45) is 3.09. The summed E-state index contributed by atoms with van der Waals surface area (Å²) < 4.78 is 18.6. The molecule has 1 N–H and O–H groups in total. The van der Waals surface area contributed by atoms with E-state index in [1.54, 1.807) is 14.2 Å². The van der Waals surface area contributed by atoms with Crippen molar-refractivity contribution in [3.05, 3.63) is 52.6 Å². The highest BCUT2D eigenvalue weighted by Gasteiger charge is 2.27. The van der Waals surface area contributed by atoms with Crippen molar-refractivity contribution in [1.82, 2.24) is 29.9 Å². The van der Waals surface area contributed by atoms with E-state index in [4.69, 9.17) is 29.1 Å². The van der Waals surface area contributed by atoms with E-state index < -0.39 is 0 Å². The summed E-state index contributed by atoms with van der Waals surface area (Å²) in [4.78, 5) is 13.2. The maximum atomic E-state index is 5.82. The van der Waals surface area contributed by atoms with Crippen molar-refractivity contribution in [3.63, 3.8) is 0 Å². The van der Waals surface area contributed by atoms with Gasteiger partial charge in [0.1, 0.15) is 23.8 Å². The molecule has 1 fully saturated rings. The van der Waals surface area contributed by atoms with Gasteiger partial charge in [-0.05, 0) is 44.9 Å². The van der Waals surface area contributed by atoms with Crippen molar-refractivity contribution in [3.8, 4) is 16.9 Å². The monoisotopic (exact) mass is 472 g/mol. The van der Waals surface area contributed by atoms with Gasteiger partial charge >= 0.3 is 0 Å². The lowest BCUT2D eigenvalue weighted by molar-refractivity contribution is 0.178. The molecule has 0 amide bonds. The van der Waals surface area contributed by atoms with Gasteiger partial charge in [0.2, 0.25) is 0 Å². The molecule has 0 spiro atoms. The standard InChI is InChI=1S/C26H28N6O3/c1-13-24(14(2)35-31-13)18-10-20-17(11-22(18)34-5)25-21(27-23(12-33-4)29-26(25)28-20)9-16-8-19(15-6-7-15)30-32(16)3/h8,10-11,15H,6-7,9,12H2,1-5H3,(H,27,28,29). The number of ether oxygens (including phenoxy) is 2. The van der Waals surface area contributed by atoms with Crippen LogP contribution in [0.3, 0.4) is 0 Å². The third kappa shape index (κ3) is 3.67. The van der Waals surface area contributed by atoms with Crippen molar-refractivity contribution < 1.29 is 14.0 Å². The third-order valence-corrected chi connectivity index (χ3v) is 6.81. The van der Waals surface area contributed by atoms with Gasteiger partial charge in [0, 0.05) is 54.0 Å². The van der Waals surface area contributed by atoms with Gasteiger partial charge in [0.05, 0.1) is 29.8 Å². The summed E-state index contributed by atoms with van der Waals surface area (Å²) in [6.45, 7) is 4.18. The molecule has 0 saturated heterocycles. The molecule has 4 heterocycles. The molecule has 35 heavy (non-hydrogen) atoms. The summed E-state index contributed by atoms with van der Waals surface area (Å²) in [5.74, 6) is 2.74. The highest BCUT2D eigenvalue weighted by Crippen LogP contribution is 2.41. The first kappa shape index (κ1) is 21.8. The van der Waals surface area contributed by atoms with E-state index in [-0.39, 0.29) is 0 Å². The number of benzene rings is 1. The van der Waals surface area contributed by atoms with Gasteiger partial charge in [0.25, 0.3) is 0 Å². The topological polar surface area (TPSA) is 104 Å². The Bertz CT molecular complexity index is 1550. The minimum atomic E-state index is 0.338. The molecule has 0 bridgehead atoms. The SMILES string of the molecule is COCc1nc(Cc2cc(C3CC3)nn2C)c2c(n1)[nH]c1cc(-c3c(C)noc3C)c(OC)cc12. The number of nitrogens with zero attached hydrogens (tertiary/aromatic N) is 5. The second-order valence-electron chi connectivity index (χ2n) is 9.30. The molecule has 1 aliphatic rings. The lowest BCUT2D eigenvalue weighted by atomic mass is 10.00. The number of fused-ring (bicyclic) bond motifs is 3. The predicted molar refractivity (Wildman–Crippen MR) is 132 cm³/mol. The fourth-order valence-corrected chi connectivity index (χ4v) is 4.95. The van der Waals surface area contributed by atoms with Crippen molar-refractivity contribution in [1.29, 1.82) is 0 Å². The largest absolute Gasteiger partial charge is 0.496 e. The van der Waals surface area contributed by atoms with Crippen LogP contribution in [0.25, 0.3) is 33.1 Å². The van der Waals surface area contributed by atoms with Crippen LogP contribution in [0.2, 0.25) is 0 Å². The molecule has 180 valence electrons. The van der Waals surface area contributed by atoms with Gasteiger partial charge in [-0.25, -0.2) is 9.97 Å². The Morgan fingerprint density at radius 1 is 1.14 bits per heavy atom. The van der Waals surface area contributed by atoms with Crippen molar-refractivity contribution >= 4 is 21.9 Å². The highest BCUT2D eigenvalue weighted by atomic mass is 16.5. The molecule has 1 aliphatic carbocycles. The Balaban J connectivity index is 1.55. The molecule has 0 unspecified atom stereocenters. The number of methoxy groups -OCH3 is 2. The van der Waals surface area contributed by atoms with Gasteiger partial charge in [-0.2, -0.15) is 5.10 Å². The van der Waals surface area contributed by atoms with E-state index in [1.807, 2.05) is 25.6 Å². The van der Waals surface area contributed by atoms with Crippen LogP contribution in [-0.2, 0) is 24.8 Å². The van der Waals surface area contributed by atoms with Crippen molar-refractivity contribution in [2.75, 3.05) is 14.2 Å². The molecule has 6 rings (SSSR count). The fourth-order valence-electron chi connectivity index (χ4n) is 4.95. The number of aryl methyl sites for hydroxylation is 3. The van der Waals surface area contributed by atoms with Crippen LogP contribution in [0.1, 0.15) is 53.1 Å². The molecule has 5 aromatic rings. The molecule has 9 nitrogen and oxygen atoms in total. The minimum absolute atomic E-state index is 0.338. The van der Waals surface area contributed by atoms with E-state index in [2.05, 4.69) is 28.3 Å². The normalized spacial score (nSPS) is 13.9. The molecule has 0 aliphatic heterocycles. The van der Waals surface area contributed by atoms with Crippen molar-refractivity contribution in [2.24, 2.45) is 7.05 Å². The molecule has 1 aromatic carbocycles. The van der Waals surface area contributed by atoms with E-state index >= 15 is 0 Å². The summed E-state index contributed by atoms with van der Waals surface area (Å²) >= 11 is 0. The highest BCUT2D eigenvalue weighted by molar-refractivity contribution is 6.09. The van der Waals surface area contributed by atoms with E-state index in [0.29, 0.717) is 24.8 Å². The maximum absolute atomic E-state index is 5.82. The number of rotatable bonds is 7. The Morgan fingerprint density at radius 2 is 1.97 bits per heavy atom. The predicted octanol–water partition coefficient (Wildman–Crippen LogP) is 4.74. The summed E-state index contributed by atoms with van der Waals surface area (Å²) in [6, 6.07) is 6.35. The first-order valence-electron chi connectivity index (χ1n) is 11.8. The number of hydrogen-bond donors (Lipinski definition) is 1. The summed E-state index contributed by atoms with van der Waals surface area (Å²) in [5, 5.41) is 10.9. The number of hydrogen-bond acceptors (Lipinski definition) is 7. The quantitative estimate of drug-likeness (QED) is 0.365. The van der Waals surface area contributed by atoms with Crippen LogP contribution in [0, 0.1) is 13.8 Å². The zero-order valence-corrected chi connectivity index (χ0v) is 20.6. The van der Waals surface area contributed by atoms with Gasteiger partial charge < -0.3 is 19.0 Å². The number of aromatic amines is 1. The zero-order chi connectivity index (χ0) is 24.3. The third-order valence-electron chi connectivity index (χ3n) is 6.81. The lowest BCUT2D eigenvalue weighted by Crippen LogP contribution is -2.05. The van der Waals surface area contributed by atoms with Crippen LogP contribution in [0.5, 0.6) is 5.75 Å². The Kier molecular flexibility index (Phi) is 5.10. The molecular weight excluding hydrogens is 444 g/mol. The van der Waals surface area contributed by atoms with Gasteiger partial charge in [-0.15, -0.1) is 0 Å². The van der Waals surface area contributed by atoms with E-state index in [0.717, 1.165) is 61.7 Å². The van der Waals surface area contributed by atoms with Crippen LogP contribution in [0.4, 0.5) is 0 Å². The van der Waals surface area contributed by atoms with Crippen LogP contribution < -0.4 is 4.74 Å². The molecular formula is C26H28N6O3. The Labute approximate surface area is 202 Å². The average molecular weight is 473 g/mol. The molecule has 0 radical (unpaired) electrons. The molecule has 0 atom stereocenters. The zero-order valence-electron chi connectivity index (χ0n) is 20.6. The molecule has 4 aromatic heterocycles.